The van der Waals surface area contributed by atoms with Gasteiger partial charge in [0.2, 0.25) is 0 Å². The summed E-state index contributed by atoms with van der Waals surface area (Å²) in [7, 11) is 0. The van der Waals surface area contributed by atoms with E-state index in [9.17, 15) is 4.79 Å². The standard InChI is InChI=1S/C11H13BrN2O3/c1-2-16-11(15)7-17-10-4-3-9(12)5-8(10)6-14-13/h3-6H,2,7,13H2,1H3. The Morgan fingerprint density at radius 2 is 2.35 bits per heavy atom. The summed E-state index contributed by atoms with van der Waals surface area (Å²) in [5, 5.41) is 3.43. The summed E-state index contributed by atoms with van der Waals surface area (Å²) in [5.74, 6) is 5.20. The van der Waals surface area contributed by atoms with Gasteiger partial charge in [-0.25, -0.2) is 4.79 Å². The van der Waals surface area contributed by atoms with Crippen molar-refractivity contribution in [3.63, 3.8) is 0 Å². The Hall–Kier alpha value is -1.56. The topological polar surface area (TPSA) is 73.9 Å². The number of hydrogen-bond acceptors (Lipinski definition) is 5. The molecule has 0 aromatic heterocycles. The van der Waals surface area contributed by atoms with Crippen molar-refractivity contribution in [1.29, 1.82) is 0 Å². The lowest BCUT2D eigenvalue weighted by atomic mass is 10.2. The third-order valence-electron chi connectivity index (χ3n) is 1.84. The van der Waals surface area contributed by atoms with Gasteiger partial charge in [0.05, 0.1) is 12.8 Å². The van der Waals surface area contributed by atoms with Crippen LogP contribution >= 0.6 is 15.9 Å². The van der Waals surface area contributed by atoms with Crippen LogP contribution in [-0.2, 0) is 9.53 Å². The highest BCUT2D eigenvalue weighted by atomic mass is 79.9. The lowest BCUT2D eigenvalue weighted by Crippen LogP contribution is -2.15. The fourth-order valence-corrected chi connectivity index (χ4v) is 1.55. The summed E-state index contributed by atoms with van der Waals surface area (Å²) in [4.78, 5) is 11.1. The van der Waals surface area contributed by atoms with Crippen LogP contribution in [0.3, 0.4) is 0 Å². The van der Waals surface area contributed by atoms with E-state index in [4.69, 9.17) is 15.3 Å². The van der Waals surface area contributed by atoms with Crippen LogP contribution in [-0.4, -0.2) is 25.4 Å². The van der Waals surface area contributed by atoms with Crippen LogP contribution in [0.5, 0.6) is 5.75 Å². The molecule has 0 fully saturated rings. The predicted molar refractivity (Wildman–Crippen MR) is 68.1 cm³/mol. The van der Waals surface area contributed by atoms with Gasteiger partial charge in [0.15, 0.2) is 6.61 Å². The highest BCUT2D eigenvalue weighted by Crippen LogP contribution is 2.21. The average molecular weight is 301 g/mol. The van der Waals surface area contributed by atoms with Crippen molar-refractivity contribution in [1.82, 2.24) is 0 Å². The van der Waals surface area contributed by atoms with Gasteiger partial charge in [-0.15, -0.1) is 0 Å². The van der Waals surface area contributed by atoms with Gasteiger partial charge >= 0.3 is 5.97 Å². The molecular formula is C11H13BrN2O3. The van der Waals surface area contributed by atoms with Crippen molar-refractivity contribution in [2.45, 2.75) is 6.92 Å². The molecule has 0 radical (unpaired) electrons. The number of nitrogens with zero attached hydrogens (tertiary/aromatic N) is 1. The van der Waals surface area contributed by atoms with Gasteiger partial charge in [0, 0.05) is 10.0 Å². The first-order valence-electron chi connectivity index (χ1n) is 4.98. The zero-order chi connectivity index (χ0) is 12.7. The molecule has 0 aliphatic heterocycles. The minimum Gasteiger partial charge on any atom is -0.481 e. The molecule has 0 aliphatic rings. The number of benzene rings is 1. The minimum atomic E-state index is -0.411. The molecule has 0 amide bonds. The highest BCUT2D eigenvalue weighted by Gasteiger charge is 2.06. The fraction of sp³-hybridized carbons (Fsp3) is 0.273. The molecule has 17 heavy (non-hydrogen) atoms. The number of hydrazone groups is 1. The molecule has 2 N–H and O–H groups in total. The first-order chi connectivity index (χ1) is 8.17. The number of ether oxygens (including phenoxy) is 2. The molecule has 1 aromatic rings. The van der Waals surface area contributed by atoms with Crippen LogP contribution in [0, 0.1) is 0 Å². The number of hydrogen-bond donors (Lipinski definition) is 1. The van der Waals surface area contributed by atoms with Crippen molar-refractivity contribution in [2.75, 3.05) is 13.2 Å². The van der Waals surface area contributed by atoms with E-state index >= 15 is 0 Å². The van der Waals surface area contributed by atoms with Crippen molar-refractivity contribution < 1.29 is 14.3 Å². The number of rotatable bonds is 5. The number of halogens is 1. The maximum absolute atomic E-state index is 11.1. The lowest BCUT2D eigenvalue weighted by molar-refractivity contribution is -0.145. The first kappa shape index (κ1) is 13.5. The monoisotopic (exact) mass is 300 g/mol. The molecule has 0 saturated carbocycles. The maximum atomic E-state index is 11.1. The molecule has 0 bridgehead atoms. The van der Waals surface area contributed by atoms with E-state index in [0.717, 1.165) is 4.47 Å². The second-order valence-corrected chi connectivity index (χ2v) is 3.97. The zero-order valence-electron chi connectivity index (χ0n) is 9.35. The second kappa shape index (κ2) is 6.90. The summed E-state index contributed by atoms with van der Waals surface area (Å²) in [6.07, 6.45) is 1.45. The maximum Gasteiger partial charge on any atom is 0.344 e. The first-order valence-corrected chi connectivity index (χ1v) is 5.78. The molecule has 92 valence electrons. The Morgan fingerprint density at radius 3 is 3.00 bits per heavy atom. The van der Waals surface area contributed by atoms with Crippen LogP contribution < -0.4 is 10.6 Å². The van der Waals surface area contributed by atoms with E-state index in [2.05, 4.69) is 21.0 Å². The van der Waals surface area contributed by atoms with Crippen LogP contribution in [0.2, 0.25) is 0 Å². The van der Waals surface area contributed by atoms with E-state index in [1.54, 1.807) is 25.1 Å². The summed E-state index contributed by atoms with van der Waals surface area (Å²) in [6.45, 7) is 1.94. The van der Waals surface area contributed by atoms with E-state index in [-0.39, 0.29) is 6.61 Å². The number of esters is 1. The number of carbonyl (C=O) groups excluding carboxylic acids is 1. The van der Waals surface area contributed by atoms with Crippen LogP contribution in [0.4, 0.5) is 0 Å². The third-order valence-corrected chi connectivity index (χ3v) is 2.33. The van der Waals surface area contributed by atoms with Gasteiger partial charge in [-0.05, 0) is 25.1 Å². The molecule has 1 rings (SSSR count). The van der Waals surface area contributed by atoms with Gasteiger partial charge in [0.1, 0.15) is 5.75 Å². The Bertz CT molecular complexity index is 421. The van der Waals surface area contributed by atoms with Gasteiger partial charge in [-0.3, -0.25) is 0 Å². The van der Waals surface area contributed by atoms with E-state index in [0.29, 0.717) is 17.9 Å². The van der Waals surface area contributed by atoms with Gasteiger partial charge < -0.3 is 15.3 Å². The second-order valence-electron chi connectivity index (χ2n) is 3.05. The molecule has 0 heterocycles. The third kappa shape index (κ3) is 4.44. The van der Waals surface area contributed by atoms with Crippen LogP contribution in [0.15, 0.2) is 27.8 Å². The quantitative estimate of drug-likeness (QED) is 0.389. The SMILES string of the molecule is CCOC(=O)COc1ccc(Br)cc1C=NN. The molecule has 5 nitrogen and oxygen atoms in total. The smallest absolute Gasteiger partial charge is 0.344 e. The van der Waals surface area contributed by atoms with Crippen molar-refractivity contribution >= 4 is 28.1 Å². The van der Waals surface area contributed by atoms with Crippen LogP contribution in [0.1, 0.15) is 12.5 Å². The molecule has 0 unspecified atom stereocenters. The molecule has 0 aliphatic carbocycles. The Kier molecular flexibility index (Phi) is 5.48. The van der Waals surface area contributed by atoms with Crippen molar-refractivity contribution in [2.24, 2.45) is 10.9 Å². The van der Waals surface area contributed by atoms with E-state index < -0.39 is 5.97 Å². The Morgan fingerprint density at radius 1 is 1.59 bits per heavy atom. The van der Waals surface area contributed by atoms with Crippen molar-refractivity contribution in [3.8, 4) is 5.75 Å². The number of nitrogens with two attached hydrogens (primary N) is 1. The van der Waals surface area contributed by atoms with Crippen molar-refractivity contribution in [3.05, 3.63) is 28.2 Å². The average Bonchev–Trinajstić information content (AvgIpc) is 2.29. The lowest BCUT2D eigenvalue weighted by Gasteiger charge is -2.08. The number of carbonyl (C=O) groups is 1. The Balaban J connectivity index is 2.73. The molecule has 6 heteroatoms. The van der Waals surface area contributed by atoms with Gasteiger partial charge in [0.25, 0.3) is 0 Å². The summed E-state index contributed by atoms with van der Waals surface area (Å²) >= 11 is 3.32. The summed E-state index contributed by atoms with van der Waals surface area (Å²) in [5.41, 5.74) is 0.686. The largest absolute Gasteiger partial charge is 0.481 e. The molecular weight excluding hydrogens is 288 g/mol. The van der Waals surface area contributed by atoms with Gasteiger partial charge in [-0.2, -0.15) is 5.10 Å². The zero-order valence-corrected chi connectivity index (χ0v) is 10.9. The van der Waals surface area contributed by atoms with E-state index in [1.165, 1.54) is 6.21 Å². The van der Waals surface area contributed by atoms with Crippen LogP contribution in [0.25, 0.3) is 0 Å². The molecule has 0 saturated heterocycles. The highest BCUT2D eigenvalue weighted by molar-refractivity contribution is 9.10. The summed E-state index contributed by atoms with van der Waals surface area (Å²) in [6, 6.07) is 5.31. The molecule has 1 aromatic carbocycles. The fourth-order valence-electron chi connectivity index (χ4n) is 1.17. The molecule has 0 spiro atoms. The Labute approximate surface area is 108 Å². The normalized spacial score (nSPS) is 10.5. The molecule has 0 atom stereocenters. The summed E-state index contributed by atoms with van der Waals surface area (Å²) < 4.78 is 10.9. The van der Waals surface area contributed by atoms with Gasteiger partial charge in [-0.1, -0.05) is 15.9 Å². The van der Waals surface area contributed by atoms with E-state index in [1.807, 2.05) is 0 Å². The minimum absolute atomic E-state index is 0.138. The predicted octanol–water partition coefficient (Wildman–Crippen LogP) is 1.68.